The predicted octanol–water partition coefficient (Wildman–Crippen LogP) is 4.14. The highest BCUT2D eigenvalue weighted by atomic mass is 16.7. The highest BCUT2D eigenvalue weighted by molar-refractivity contribution is 6.56. The number of hydrogen-bond donors (Lipinski definition) is 1. The molecule has 2 aliphatic rings. The number of alkyl carbamates (subject to hydrolysis) is 1. The second-order valence-corrected chi connectivity index (χ2v) is 10.5. The van der Waals surface area contributed by atoms with Gasteiger partial charge in [-0.2, -0.15) is 0 Å². The lowest BCUT2D eigenvalue weighted by Crippen LogP contribution is -2.41. The van der Waals surface area contributed by atoms with E-state index >= 15 is 0 Å². The van der Waals surface area contributed by atoms with Gasteiger partial charge in [0.2, 0.25) is 5.91 Å². The third kappa shape index (κ3) is 5.35. The van der Waals surface area contributed by atoms with Crippen LogP contribution in [0.1, 0.15) is 66.5 Å². The van der Waals surface area contributed by atoms with Gasteiger partial charge in [0.25, 0.3) is 0 Å². The van der Waals surface area contributed by atoms with E-state index in [0.29, 0.717) is 6.54 Å². The third-order valence-corrected chi connectivity index (χ3v) is 6.12. The monoisotopic (exact) mass is 442 g/mol. The van der Waals surface area contributed by atoms with Crippen molar-refractivity contribution in [2.45, 2.75) is 78.6 Å². The van der Waals surface area contributed by atoms with Crippen molar-refractivity contribution in [3.63, 3.8) is 0 Å². The molecule has 32 heavy (non-hydrogen) atoms. The van der Waals surface area contributed by atoms with Gasteiger partial charge in [-0.1, -0.05) is 12.1 Å². The molecule has 2 amide bonds. The van der Waals surface area contributed by atoms with Gasteiger partial charge in [0.15, 0.2) is 0 Å². The summed E-state index contributed by atoms with van der Waals surface area (Å²) in [6, 6.07) is 6.02. The molecule has 0 aromatic heterocycles. The summed E-state index contributed by atoms with van der Waals surface area (Å²) in [5.74, 6) is 0.0477. The van der Waals surface area contributed by atoms with Crippen LogP contribution < -0.4 is 10.2 Å². The number of anilines is 1. The Bertz CT molecular complexity index is 917. The molecular weight excluding hydrogens is 407 g/mol. The minimum Gasteiger partial charge on any atom is -0.444 e. The normalized spacial score (nSPS) is 19.7. The fourth-order valence-electron chi connectivity index (χ4n) is 3.74. The number of amides is 2. The highest BCUT2D eigenvalue weighted by Crippen LogP contribution is 2.39. The van der Waals surface area contributed by atoms with Gasteiger partial charge >= 0.3 is 13.2 Å². The molecule has 0 aliphatic carbocycles. The Morgan fingerprint density at radius 3 is 2.38 bits per heavy atom. The summed E-state index contributed by atoms with van der Waals surface area (Å²) in [7, 11) is -0.600. The second-order valence-electron chi connectivity index (χ2n) is 10.5. The van der Waals surface area contributed by atoms with Crippen molar-refractivity contribution in [2.75, 3.05) is 18.0 Å². The minimum atomic E-state index is -0.600. The van der Waals surface area contributed by atoms with Crippen LogP contribution in [-0.2, 0) is 25.3 Å². The molecule has 2 aliphatic heterocycles. The molecule has 2 heterocycles. The summed E-state index contributed by atoms with van der Waals surface area (Å²) in [6.45, 7) is 16.0. The molecule has 1 N–H and O–H groups in total. The van der Waals surface area contributed by atoms with Crippen LogP contribution in [0, 0.1) is 0 Å². The summed E-state index contributed by atoms with van der Waals surface area (Å²) in [6.07, 6.45) is 2.31. The molecule has 0 bridgehead atoms. The number of carbonyl (C=O) groups is 2. The lowest BCUT2D eigenvalue weighted by molar-refractivity contribution is -0.116. The fourth-order valence-corrected chi connectivity index (χ4v) is 3.74. The zero-order chi connectivity index (χ0) is 23.9. The maximum absolute atomic E-state index is 12.3. The average Bonchev–Trinajstić information content (AvgIpc) is 3.14. The Morgan fingerprint density at radius 2 is 1.81 bits per heavy atom. The summed E-state index contributed by atoms with van der Waals surface area (Å²) in [5, 5.41) is 2.82. The maximum Gasteiger partial charge on any atom is 0.492 e. The van der Waals surface area contributed by atoms with E-state index in [1.165, 1.54) is 0 Å². The average molecular weight is 442 g/mol. The van der Waals surface area contributed by atoms with Crippen LogP contribution in [0.4, 0.5) is 10.5 Å². The highest BCUT2D eigenvalue weighted by Gasteiger charge is 2.52. The predicted molar refractivity (Wildman–Crippen MR) is 126 cm³/mol. The van der Waals surface area contributed by atoms with Gasteiger partial charge in [0.05, 0.1) is 11.2 Å². The van der Waals surface area contributed by atoms with Crippen LogP contribution in [0.3, 0.4) is 0 Å². The van der Waals surface area contributed by atoms with Gasteiger partial charge < -0.3 is 24.3 Å². The number of hydrogen-bond acceptors (Lipinski definition) is 5. The van der Waals surface area contributed by atoms with Crippen LogP contribution in [0.25, 0.3) is 6.08 Å². The van der Waals surface area contributed by atoms with Gasteiger partial charge in [0.1, 0.15) is 5.60 Å². The van der Waals surface area contributed by atoms with Crippen molar-refractivity contribution in [1.82, 2.24) is 5.32 Å². The Labute approximate surface area is 191 Å². The summed E-state index contributed by atoms with van der Waals surface area (Å²) >= 11 is 0. The molecule has 7 nitrogen and oxygen atoms in total. The van der Waals surface area contributed by atoms with E-state index in [2.05, 4.69) is 11.4 Å². The van der Waals surface area contributed by atoms with Crippen LogP contribution >= 0.6 is 0 Å². The molecule has 1 aromatic carbocycles. The van der Waals surface area contributed by atoms with Crippen LogP contribution in [-0.4, -0.2) is 49.0 Å². The van der Waals surface area contributed by atoms with E-state index < -0.39 is 30.0 Å². The molecule has 8 heteroatoms. The number of nitrogens with zero attached hydrogens (tertiary/aromatic N) is 1. The number of carbonyl (C=O) groups excluding carboxylic acids is 2. The number of ether oxygens (including phenoxy) is 1. The third-order valence-electron chi connectivity index (χ3n) is 6.12. The van der Waals surface area contributed by atoms with Crippen molar-refractivity contribution in [3.05, 3.63) is 34.8 Å². The van der Waals surface area contributed by atoms with Crippen LogP contribution in [0.2, 0.25) is 0 Å². The van der Waals surface area contributed by atoms with Crippen molar-refractivity contribution in [3.8, 4) is 0 Å². The van der Waals surface area contributed by atoms with E-state index in [-0.39, 0.29) is 12.5 Å². The van der Waals surface area contributed by atoms with Crippen molar-refractivity contribution >= 4 is 30.9 Å². The van der Waals surface area contributed by atoms with E-state index in [0.717, 1.165) is 28.7 Å². The van der Waals surface area contributed by atoms with Gasteiger partial charge in [0, 0.05) is 25.7 Å². The Morgan fingerprint density at radius 1 is 1.19 bits per heavy atom. The largest absolute Gasteiger partial charge is 0.492 e. The summed E-state index contributed by atoms with van der Waals surface area (Å²) < 4.78 is 17.9. The fraction of sp³-hybridized carbons (Fsp3) is 0.583. The minimum absolute atomic E-state index is 0.0477. The molecule has 3 rings (SSSR count). The van der Waals surface area contributed by atoms with Crippen molar-refractivity contribution in [2.24, 2.45) is 0 Å². The first-order valence-electron chi connectivity index (χ1n) is 11.1. The van der Waals surface area contributed by atoms with E-state index in [1.54, 1.807) is 11.8 Å². The molecule has 1 saturated heterocycles. The zero-order valence-electron chi connectivity index (χ0n) is 20.5. The zero-order valence-corrected chi connectivity index (χ0v) is 20.5. The Kier molecular flexibility index (Phi) is 6.51. The van der Waals surface area contributed by atoms with Crippen molar-refractivity contribution in [1.29, 1.82) is 0 Å². The standard InChI is InChI=1S/C24H35BN2O5/c1-16(28)27-12-11-18-13-17(9-10-20(18)27)14-19(15-26-21(29)30-22(2,3)4)25-31-23(5,6)24(7,8)32-25/h9-10,13-14H,11-12,15H2,1-8H3,(H,26,29). The van der Waals surface area contributed by atoms with E-state index in [4.69, 9.17) is 14.0 Å². The molecular formula is C24H35BN2O5. The second kappa shape index (κ2) is 8.56. The molecule has 1 fully saturated rings. The molecule has 0 unspecified atom stereocenters. The van der Waals surface area contributed by atoms with Gasteiger partial charge in [-0.15, -0.1) is 0 Å². The lowest BCUT2D eigenvalue weighted by atomic mass is 9.77. The molecule has 0 radical (unpaired) electrons. The van der Waals surface area contributed by atoms with Gasteiger partial charge in [-0.05, 0) is 83.6 Å². The summed E-state index contributed by atoms with van der Waals surface area (Å²) in [4.78, 5) is 25.9. The number of benzene rings is 1. The Balaban J connectivity index is 1.87. The molecule has 0 saturated carbocycles. The van der Waals surface area contributed by atoms with Crippen LogP contribution in [0.15, 0.2) is 23.7 Å². The molecule has 0 spiro atoms. The SMILES string of the molecule is CC(=O)N1CCc2cc(C=C(CNC(=O)OC(C)(C)C)B3OC(C)(C)C(C)(C)O3)ccc21. The molecule has 174 valence electrons. The van der Waals surface area contributed by atoms with E-state index in [9.17, 15) is 9.59 Å². The molecule has 1 aromatic rings. The van der Waals surface area contributed by atoms with E-state index in [1.807, 2.05) is 66.7 Å². The summed E-state index contributed by atoms with van der Waals surface area (Å²) in [5.41, 5.74) is 2.26. The van der Waals surface area contributed by atoms with Gasteiger partial charge in [-0.3, -0.25) is 4.79 Å². The van der Waals surface area contributed by atoms with Crippen molar-refractivity contribution < 1.29 is 23.6 Å². The van der Waals surface area contributed by atoms with Gasteiger partial charge in [-0.25, -0.2) is 4.79 Å². The first-order chi connectivity index (χ1) is 14.7. The number of nitrogens with one attached hydrogen (secondary N) is 1. The smallest absolute Gasteiger partial charge is 0.444 e. The lowest BCUT2D eigenvalue weighted by Gasteiger charge is -2.32. The maximum atomic E-state index is 12.3. The first kappa shape index (κ1) is 24.3. The first-order valence-corrected chi connectivity index (χ1v) is 11.1. The molecule has 0 atom stereocenters. The van der Waals surface area contributed by atoms with Crippen LogP contribution in [0.5, 0.6) is 0 Å². The topological polar surface area (TPSA) is 77.1 Å². The number of fused-ring (bicyclic) bond motifs is 1. The number of rotatable bonds is 4. The Hall–Kier alpha value is -2.32. The quantitative estimate of drug-likeness (QED) is 0.710.